The van der Waals surface area contributed by atoms with E-state index in [-0.39, 0.29) is 23.9 Å². The minimum atomic E-state index is -3.68. The van der Waals surface area contributed by atoms with Gasteiger partial charge in [-0.05, 0) is 52.3 Å². The zero-order chi connectivity index (χ0) is 18.4. The van der Waals surface area contributed by atoms with Crippen molar-refractivity contribution in [3.63, 3.8) is 0 Å². The number of amides is 1. The number of halogens is 2. The van der Waals surface area contributed by atoms with Gasteiger partial charge in [0.1, 0.15) is 5.75 Å². The molecule has 0 atom stereocenters. The lowest BCUT2D eigenvalue weighted by Gasteiger charge is -2.10. The fourth-order valence-electron chi connectivity index (χ4n) is 1.98. The average molecular weight is 448 g/mol. The van der Waals surface area contributed by atoms with E-state index >= 15 is 0 Å². The van der Waals surface area contributed by atoms with Crippen molar-refractivity contribution in [3.05, 3.63) is 57.5 Å². The first kappa shape index (κ1) is 19.7. The van der Waals surface area contributed by atoms with Gasteiger partial charge in [0.15, 0.2) is 0 Å². The second kappa shape index (κ2) is 8.66. The van der Waals surface area contributed by atoms with Gasteiger partial charge < -0.3 is 10.1 Å². The van der Waals surface area contributed by atoms with Crippen LogP contribution in [0.1, 0.15) is 10.4 Å². The summed E-state index contributed by atoms with van der Waals surface area (Å²) in [4.78, 5) is 12.3. The highest BCUT2D eigenvalue weighted by Gasteiger charge is 2.15. The fraction of sp³-hybridized carbons (Fsp3) is 0.188. The first-order valence-corrected chi connectivity index (χ1v) is 9.86. The molecule has 0 aliphatic carbocycles. The average Bonchev–Trinajstić information content (AvgIpc) is 2.59. The van der Waals surface area contributed by atoms with Crippen LogP contribution in [-0.4, -0.2) is 34.5 Å². The quantitative estimate of drug-likeness (QED) is 0.639. The van der Waals surface area contributed by atoms with E-state index in [4.69, 9.17) is 16.3 Å². The Morgan fingerprint density at radius 1 is 1.20 bits per heavy atom. The predicted molar refractivity (Wildman–Crippen MR) is 99.7 cm³/mol. The standard InChI is InChI=1S/C16H16BrClN2O4S/c1-24-12-5-6-15(17)14(10-12)16(21)19-7-8-20-25(22,23)13-4-2-3-11(18)9-13/h2-6,9-10,20H,7-8H2,1H3,(H,19,21). The van der Waals surface area contributed by atoms with Gasteiger partial charge in [-0.2, -0.15) is 0 Å². The molecule has 0 saturated heterocycles. The maximum Gasteiger partial charge on any atom is 0.252 e. The molecule has 0 bridgehead atoms. The molecule has 0 aliphatic rings. The van der Waals surface area contributed by atoms with Crippen LogP contribution < -0.4 is 14.8 Å². The van der Waals surface area contributed by atoms with E-state index in [9.17, 15) is 13.2 Å². The van der Waals surface area contributed by atoms with Gasteiger partial charge in [0.2, 0.25) is 10.0 Å². The van der Waals surface area contributed by atoms with Crippen LogP contribution in [0.4, 0.5) is 0 Å². The van der Waals surface area contributed by atoms with Crippen LogP contribution in [0, 0.1) is 0 Å². The van der Waals surface area contributed by atoms with E-state index < -0.39 is 10.0 Å². The molecule has 134 valence electrons. The number of sulfonamides is 1. The molecule has 6 nitrogen and oxygen atoms in total. The summed E-state index contributed by atoms with van der Waals surface area (Å²) in [6.07, 6.45) is 0. The molecular formula is C16H16BrClN2O4S. The largest absolute Gasteiger partial charge is 0.497 e. The smallest absolute Gasteiger partial charge is 0.252 e. The van der Waals surface area contributed by atoms with Gasteiger partial charge >= 0.3 is 0 Å². The molecule has 9 heteroatoms. The van der Waals surface area contributed by atoms with E-state index in [1.807, 2.05) is 0 Å². The summed E-state index contributed by atoms with van der Waals surface area (Å²) in [5, 5.41) is 2.98. The first-order chi connectivity index (χ1) is 11.8. The predicted octanol–water partition coefficient (Wildman–Crippen LogP) is 2.82. The lowest BCUT2D eigenvalue weighted by atomic mass is 10.2. The normalized spacial score (nSPS) is 11.2. The Kier molecular flexibility index (Phi) is 6.83. The van der Waals surface area contributed by atoms with Crippen LogP contribution in [0.25, 0.3) is 0 Å². The second-order valence-corrected chi connectivity index (χ2v) is 8.01. The van der Waals surface area contributed by atoms with Crippen LogP contribution in [0.15, 0.2) is 51.8 Å². The van der Waals surface area contributed by atoms with Gasteiger partial charge in [-0.25, -0.2) is 13.1 Å². The number of hydrogen-bond acceptors (Lipinski definition) is 4. The Labute approximate surface area is 159 Å². The van der Waals surface area contributed by atoms with Crippen LogP contribution in [-0.2, 0) is 10.0 Å². The van der Waals surface area contributed by atoms with Crippen molar-refractivity contribution in [1.29, 1.82) is 0 Å². The maximum atomic E-state index is 12.2. The molecule has 0 radical (unpaired) electrons. The lowest BCUT2D eigenvalue weighted by molar-refractivity contribution is 0.0953. The number of rotatable bonds is 7. The van der Waals surface area contributed by atoms with Crippen molar-refractivity contribution in [2.24, 2.45) is 0 Å². The first-order valence-electron chi connectivity index (χ1n) is 7.20. The van der Waals surface area contributed by atoms with Gasteiger partial charge in [-0.1, -0.05) is 17.7 Å². The summed E-state index contributed by atoms with van der Waals surface area (Å²) in [7, 11) is -2.17. The number of carbonyl (C=O) groups excluding carboxylic acids is 1. The number of ether oxygens (including phenoxy) is 1. The molecule has 0 aliphatic heterocycles. The van der Waals surface area contributed by atoms with Crippen molar-refractivity contribution in [2.75, 3.05) is 20.2 Å². The molecular weight excluding hydrogens is 432 g/mol. The topological polar surface area (TPSA) is 84.5 Å². The molecule has 2 aromatic rings. The Balaban J connectivity index is 1.92. The van der Waals surface area contributed by atoms with Crippen LogP contribution in [0.3, 0.4) is 0 Å². The van der Waals surface area contributed by atoms with Crippen molar-refractivity contribution in [3.8, 4) is 5.75 Å². The summed E-state index contributed by atoms with van der Waals surface area (Å²) in [5.74, 6) is 0.211. The van der Waals surface area contributed by atoms with E-state index in [2.05, 4.69) is 26.0 Å². The number of benzene rings is 2. The summed E-state index contributed by atoms with van der Waals surface area (Å²) >= 11 is 9.10. The highest BCUT2D eigenvalue weighted by molar-refractivity contribution is 9.10. The molecule has 2 N–H and O–H groups in total. The molecule has 0 saturated carbocycles. The van der Waals surface area contributed by atoms with Crippen molar-refractivity contribution < 1.29 is 17.9 Å². The van der Waals surface area contributed by atoms with Gasteiger partial charge in [-0.15, -0.1) is 0 Å². The number of methoxy groups -OCH3 is 1. The van der Waals surface area contributed by atoms with Gasteiger partial charge in [0.05, 0.1) is 17.6 Å². The highest BCUT2D eigenvalue weighted by Crippen LogP contribution is 2.22. The fourth-order valence-corrected chi connectivity index (χ4v) is 3.74. The zero-order valence-electron chi connectivity index (χ0n) is 13.3. The molecule has 0 aromatic heterocycles. The Morgan fingerprint density at radius 3 is 2.64 bits per heavy atom. The SMILES string of the molecule is COc1ccc(Br)c(C(=O)NCCNS(=O)(=O)c2cccc(Cl)c2)c1. The highest BCUT2D eigenvalue weighted by atomic mass is 79.9. The van der Waals surface area contributed by atoms with Crippen molar-refractivity contribution in [2.45, 2.75) is 4.90 Å². The van der Waals surface area contributed by atoms with Crippen molar-refractivity contribution >= 4 is 43.5 Å². The summed E-state index contributed by atoms with van der Waals surface area (Å²) in [6, 6.07) is 11.0. The van der Waals surface area contributed by atoms with Crippen LogP contribution >= 0.6 is 27.5 Å². The van der Waals surface area contributed by atoms with Gasteiger partial charge in [0, 0.05) is 22.6 Å². The third kappa shape index (κ3) is 5.43. The van der Waals surface area contributed by atoms with Crippen molar-refractivity contribution in [1.82, 2.24) is 10.0 Å². The second-order valence-electron chi connectivity index (χ2n) is 4.96. The van der Waals surface area contributed by atoms with Crippen LogP contribution in [0.2, 0.25) is 5.02 Å². The minimum absolute atomic E-state index is 0.0438. The van der Waals surface area contributed by atoms with E-state index in [1.165, 1.54) is 19.2 Å². The molecule has 2 rings (SSSR count). The maximum absolute atomic E-state index is 12.2. The molecule has 25 heavy (non-hydrogen) atoms. The summed E-state index contributed by atoms with van der Waals surface area (Å²) in [6.45, 7) is 0.171. The summed E-state index contributed by atoms with van der Waals surface area (Å²) in [5.41, 5.74) is 0.400. The third-order valence-electron chi connectivity index (χ3n) is 3.23. The molecule has 1 amide bonds. The third-order valence-corrected chi connectivity index (χ3v) is 5.61. The van der Waals surface area contributed by atoms with Crippen LogP contribution in [0.5, 0.6) is 5.75 Å². The lowest BCUT2D eigenvalue weighted by Crippen LogP contribution is -2.34. The molecule has 2 aromatic carbocycles. The molecule has 0 heterocycles. The number of hydrogen-bond donors (Lipinski definition) is 2. The summed E-state index contributed by atoms with van der Waals surface area (Å²) < 4.78 is 32.4. The molecule has 0 spiro atoms. The van der Waals surface area contributed by atoms with Gasteiger partial charge in [0.25, 0.3) is 5.91 Å². The van der Waals surface area contributed by atoms with Gasteiger partial charge in [-0.3, -0.25) is 4.79 Å². The molecule has 0 unspecified atom stereocenters. The number of nitrogens with one attached hydrogen (secondary N) is 2. The monoisotopic (exact) mass is 446 g/mol. The minimum Gasteiger partial charge on any atom is -0.497 e. The van der Waals surface area contributed by atoms with E-state index in [1.54, 1.807) is 30.3 Å². The number of carbonyl (C=O) groups is 1. The molecule has 0 fully saturated rings. The van der Waals surface area contributed by atoms with E-state index in [0.717, 1.165) is 0 Å². The van der Waals surface area contributed by atoms with E-state index in [0.29, 0.717) is 20.8 Å². The zero-order valence-corrected chi connectivity index (χ0v) is 16.4. The Hall–Kier alpha value is -1.61. The Bertz CT molecular complexity index is 874. The Morgan fingerprint density at radius 2 is 1.96 bits per heavy atom.